The van der Waals surface area contributed by atoms with Crippen LogP contribution in [-0.4, -0.2) is 67.7 Å². The quantitative estimate of drug-likeness (QED) is 0.813. The second kappa shape index (κ2) is 9.27. The highest BCUT2D eigenvalue weighted by Crippen LogP contribution is 2.16. The molecule has 2 heterocycles. The molecule has 0 saturated carbocycles. The summed E-state index contributed by atoms with van der Waals surface area (Å²) in [6.07, 6.45) is 2.88. The van der Waals surface area contributed by atoms with Gasteiger partial charge in [0.25, 0.3) is 0 Å². The van der Waals surface area contributed by atoms with Crippen LogP contribution in [0.1, 0.15) is 24.8 Å². The van der Waals surface area contributed by atoms with Crippen LogP contribution in [0.25, 0.3) is 0 Å². The molecule has 1 aromatic rings. The first kappa shape index (κ1) is 18.3. The summed E-state index contributed by atoms with van der Waals surface area (Å²) in [6.45, 7) is 6.25. The van der Waals surface area contributed by atoms with Crippen molar-refractivity contribution in [1.82, 2.24) is 15.1 Å². The van der Waals surface area contributed by atoms with Gasteiger partial charge >= 0.3 is 0 Å². The number of amides is 1. The molecule has 2 aliphatic rings. The summed E-state index contributed by atoms with van der Waals surface area (Å²) in [5, 5.41) is 3.26. The van der Waals surface area contributed by atoms with E-state index in [1.807, 2.05) is 11.0 Å². The van der Waals surface area contributed by atoms with Crippen molar-refractivity contribution in [2.24, 2.45) is 0 Å². The van der Waals surface area contributed by atoms with Crippen LogP contribution in [0, 0.1) is 5.82 Å². The Morgan fingerprint density at radius 2 is 2.20 bits per heavy atom. The molecule has 3 rings (SSSR count). The molecule has 2 saturated heterocycles. The molecule has 2 fully saturated rings. The lowest BCUT2D eigenvalue weighted by atomic mass is 10.1. The Balaban J connectivity index is 1.56. The summed E-state index contributed by atoms with van der Waals surface area (Å²) >= 11 is 0. The number of nitrogens with one attached hydrogen (secondary N) is 1. The van der Waals surface area contributed by atoms with E-state index in [4.69, 9.17) is 4.74 Å². The van der Waals surface area contributed by atoms with E-state index < -0.39 is 0 Å². The van der Waals surface area contributed by atoms with Crippen molar-refractivity contribution in [2.45, 2.75) is 31.9 Å². The zero-order chi connectivity index (χ0) is 17.5. The molecule has 0 aromatic heterocycles. The highest BCUT2D eigenvalue weighted by Gasteiger charge is 2.22. The topological polar surface area (TPSA) is 44.8 Å². The van der Waals surface area contributed by atoms with E-state index in [2.05, 4.69) is 10.2 Å². The fraction of sp³-hybridized carbons (Fsp3) is 0.632. The van der Waals surface area contributed by atoms with Gasteiger partial charge in [-0.25, -0.2) is 4.39 Å². The Morgan fingerprint density at radius 3 is 2.92 bits per heavy atom. The molecule has 25 heavy (non-hydrogen) atoms. The smallest absolute Gasteiger partial charge is 0.223 e. The highest BCUT2D eigenvalue weighted by atomic mass is 19.1. The van der Waals surface area contributed by atoms with E-state index in [1.54, 1.807) is 12.1 Å². The molecule has 5 nitrogen and oxygen atoms in total. The van der Waals surface area contributed by atoms with Crippen LogP contribution in [-0.2, 0) is 16.1 Å². The minimum absolute atomic E-state index is 0.207. The molecule has 0 radical (unpaired) electrons. The van der Waals surface area contributed by atoms with Crippen LogP contribution >= 0.6 is 0 Å². The lowest BCUT2D eigenvalue weighted by Crippen LogP contribution is -2.47. The number of hydrogen-bond acceptors (Lipinski definition) is 4. The third kappa shape index (κ3) is 5.76. The Morgan fingerprint density at radius 1 is 1.36 bits per heavy atom. The number of hydrogen-bond donors (Lipinski definition) is 1. The first-order chi connectivity index (χ1) is 12.2. The molecule has 1 aromatic carbocycles. The van der Waals surface area contributed by atoms with E-state index in [0.29, 0.717) is 19.5 Å². The monoisotopic (exact) mass is 349 g/mol. The Hall–Kier alpha value is -1.50. The first-order valence-corrected chi connectivity index (χ1v) is 9.27. The van der Waals surface area contributed by atoms with Crippen molar-refractivity contribution in [3.05, 3.63) is 35.6 Å². The van der Waals surface area contributed by atoms with E-state index in [-0.39, 0.29) is 17.8 Å². The number of halogens is 1. The normalized spacial score (nSPS) is 21.0. The van der Waals surface area contributed by atoms with Crippen LogP contribution in [0.5, 0.6) is 0 Å². The van der Waals surface area contributed by atoms with Gasteiger partial charge in [-0.15, -0.1) is 0 Å². The van der Waals surface area contributed by atoms with Crippen LogP contribution in [0.15, 0.2) is 24.3 Å². The number of ether oxygens (including phenoxy) is 1. The highest BCUT2D eigenvalue weighted by molar-refractivity contribution is 5.76. The maximum atomic E-state index is 13.5. The molecule has 0 spiro atoms. The zero-order valence-electron chi connectivity index (χ0n) is 14.8. The number of benzene rings is 1. The van der Waals surface area contributed by atoms with E-state index in [0.717, 1.165) is 57.7 Å². The maximum absolute atomic E-state index is 13.5. The molecule has 0 aliphatic carbocycles. The third-order valence-electron chi connectivity index (χ3n) is 4.89. The summed E-state index contributed by atoms with van der Waals surface area (Å²) in [5.41, 5.74) is 0.938. The van der Waals surface area contributed by atoms with Crippen molar-refractivity contribution in [3.63, 3.8) is 0 Å². The zero-order valence-corrected chi connectivity index (χ0v) is 14.8. The largest absolute Gasteiger partial charge is 0.377 e. The van der Waals surface area contributed by atoms with Gasteiger partial charge in [0.1, 0.15) is 5.82 Å². The molecular weight excluding hydrogens is 321 g/mol. The average Bonchev–Trinajstić information content (AvgIpc) is 3.13. The third-order valence-corrected chi connectivity index (χ3v) is 4.89. The van der Waals surface area contributed by atoms with Crippen LogP contribution in [0.3, 0.4) is 0 Å². The molecule has 1 amide bonds. The maximum Gasteiger partial charge on any atom is 0.223 e. The summed E-state index contributed by atoms with van der Waals surface area (Å²) < 4.78 is 19.2. The minimum Gasteiger partial charge on any atom is -0.377 e. The van der Waals surface area contributed by atoms with Gasteiger partial charge in [0.2, 0.25) is 5.91 Å². The van der Waals surface area contributed by atoms with Crippen molar-refractivity contribution >= 4 is 5.91 Å². The van der Waals surface area contributed by atoms with Crippen molar-refractivity contribution < 1.29 is 13.9 Å². The number of carbonyl (C=O) groups excluding carboxylic acids is 1. The van der Waals surface area contributed by atoms with Gasteiger partial charge in [-0.1, -0.05) is 12.1 Å². The van der Waals surface area contributed by atoms with Crippen molar-refractivity contribution in [2.75, 3.05) is 45.9 Å². The summed E-state index contributed by atoms with van der Waals surface area (Å²) in [7, 11) is 0. The van der Waals surface area contributed by atoms with Crippen molar-refractivity contribution in [1.29, 1.82) is 0 Å². The summed E-state index contributed by atoms with van der Waals surface area (Å²) in [4.78, 5) is 16.6. The van der Waals surface area contributed by atoms with Gasteiger partial charge in [0, 0.05) is 58.8 Å². The number of carbonyl (C=O) groups is 1. The SMILES string of the molecule is O=C(CCN(Cc1cccc(F)c1)CC1CCCO1)N1CCNCC1. The predicted molar refractivity (Wildman–Crippen MR) is 94.7 cm³/mol. The van der Waals surface area contributed by atoms with E-state index >= 15 is 0 Å². The van der Waals surface area contributed by atoms with Crippen LogP contribution in [0.2, 0.25) is 0 Å². The molecule has 1 N–H and O–H groups in total. The molecule has 6 heteroatoms. The second-order valence-electron chi connectivity index (χ2n) is 6.88. The van der Waals surface area contributed by atoms with Gasteiger partial charge in [-0.2, -0.15) is 0 Å². The fourth-order valence-electron chi connectivity index (χ4n) is 3.53. The lowest BCUT2D eigenvalue weighted by molar-refractivity contribution is -0.132. The molecule has 138 valence electrons. The molecule has 1 unspecified atom stereocenters. The summed E-state index contributed by atoms with van der Waals surface area (Å²) in [6, 6.07) is 6.70. The second-order valence-corrected chi connectivity index (χ2v) is 6.88. The molecule has 1 atom stereocenters. The Bertz CT molecular complexity index is 557. The van der Waals surface area contributed by atoms with Gasteiger partial charge in [-0.05, 0) is 30.5 Å². The van der Waals surface area contributed by atoms with Crippen LogP contribution in [0.4, 0.5) is 4.39 Å². The van der Waals surface area contributed by atoms with Gasteiger partial charge in [-0.3, -0.25) is 9.69 Å². The molecular formula is C19H28FN3O2. The fourth-order valence-corrected chi connectivity index (χ4v) is 3.53. The Labute approximate surface area is 149 Å². The number of nitrogens with zero attached hydrogens (tertiary/aromatic N) is 2. The number of piperazine rings is 1. The van der Waals surface area contributed by atoms with Gasteiger partial charge in [0.15, 0.2) is 0 Å². The molecule has 2 aliphatic heterocycles. The summed E-state index contributed by atoms with van der Waals surface area (Å²) in [5.74, 6) is -0.00968. The predicted octanol–water partition coefficient (Wildman–Crippen LogP) is 1.63. The first-order valence-electron chi connectivity index (χ1n) is 9.27. The average molecular weight is 349 g/mol. The van der Waals surface area contributed by atoms with Crippen LogP contribution < -0.4 is 5.32 Å². The standard InChI is InChI=1S/C19H28FN3O2/c20-17-4-1-3-16(13-17)14-22(15-18-5-2-12-25-18)9-6-19(24)23-10-7-21-8-11-23/h1,3-4,13,18,21H,2,5-12,14-15H2. The van der Waals surface area contributed by atoms with Gasteiger partial charge < -0.3 is 15.0 Å². The molecule has 0 bridgehead atoms. The lowest BCUT2D eigenvalue weighted by Gasteiger charge is -2.29. The van der Waals surface area contributed by atoms with E-state index in [9.17, 15) is 9.18 Å². The number of rotatable bonds is 7. The van der Waals surface area contributed by atoms with Gasteiger partial charge in [0.05, 0.1) is 6.10 Å². The van der Waals surface area contributed by atoms with E-state index in [1.165, 1.54) is 6.07 Å². The minimum atomic E-state index is -0.216. The van der Waals surface area contributed by atoms with Crippen molar-refractivity contribution in [3.8, 4) is 0 Å². The Kier molecular flexibility index (Phi) is 6.78.